The van der Waals surface area contributed by atoms with Crippen molar-refractivity contribution in [3.8, 4) is 22.5 Å². The molecule has 0 atom stereocenters. The van der Waals surface area contributed by atoms with Crippen LogP contribution in [0.25, 0.3) is 28.6 Å². The highest BCUT2D eigenvalue weighted by atomic mass is 32.2. The molecule has 39 heavy (non-hydrogen) atoms. The summed E-state index contributed by atoms with van der Waals surface area (Å²) in [5.74, 6) is -0.168. The molecule has 1 aromatic heterocycles. The molecule has 192 valence electrons. The molecule has 0 unspecified atom stereocenters. The van der Waals surface area contributed by atoms with Crippen LogP contribution in [0.5, 0.6) is 0 Å². The maximum absolute atomic E-state index is 13.8. The largest absolute Gasteiger partial charge is 0.286 e. The Kier molecular flexibility index (Phi) is 7.65. The van der Waals surface area contributed by atoms with Gasteiger partial charge in [-0.2, -0.15) is 13.5 Å². The van der Waals surface area contributed by atoms with Crippen LogP contribution in [0.1, 0.15) is 11.1 Å². The summed E-state index contributed by atoms with van der Waals surface area (Å²) in [5.41, 5.74) is 4.50. The zero-order chi connectivity index (χ0) is 27.1. The third-order valence-electron chi connectivity index (χ3n) is 5.83. The topological polar surface area (TPSA) is 88.4 Å². The molecule has 0 saturated carbocycles. The molecule has 0 aliphatic heterocycles. The molecule has 0 fully saturated rings. The molecule has 0 aliphatic carbocycles. The Hall–Kier alpha value is -4.95. The van der Waals surface area contributed by atoms with Gasteiger partial charge in [-0.1, -0.05) is 115 Å². The van der Waals surface area contributed by atoms with Crippen molar-refractivity contribution in [3.63, 3.8) is 0 Å². The van der Waals surface area contributed by atoms with Crippen LogP contribution in [-0.4, -0.2) is 29.8 Å². The van der Waals surface area contributed by atoms with E-state index < -0.39 is 10.0 Å². The van der Waals surface area contributed by atoms with Gasteiger partial charge in [0.25, 0.3) is 16.0 Å². The van der Waals surface area contributed by atoms with Crippen LogP contribution in [0.4, 0.5) is 5.95 Å². The standard InChI is InChI=1S/C31H25N5O2S/c1-24-19-21-28(22-20-24)39(37,38)36(32-23-11-14-25-12-5-2-6-13-25)31-33-29(26-15-7-3-8-16-26)30(34-35-31)27-17-9-4-10-18-27/h2-23H,1H3/b14-11+,32-23-. The van der Waals surface area contributed by atoms with E-state index in [-0.39, 0.29) is 10.8 Å². The number of hydrazone groups is 1. The molecule has 0 amide bonds. The molecule has 0 spiro atoms. The Labute approximate surface area is 227 Å². The summed E-state index contributed by atoms with van der Waals surface area (Å²) in [6.07, 6.45) is 4.89. The lowest BCUT2D eigenvalue weighted by Crippen LogP contribution is -2.28. The number of hydrogen-bond donors (Lipinski definition) is 0. The highest BCUT2D eigenvalue weighted by molar-refractivity contribution is 7.92. The van der Waals surface area contributed by atoms with E-state index in [4.69, 9.17) is 4.98 Å². The van der Waals surface area contributed by atoms with Gasteiger partial charge in [-0.15, -0.1) is 14.6 Å². The summed E-state index contributed by atoms with van der Waals surface area (Å²) in [6, 6.07) is 35.2. The van der Waals surface area contributed by atoms with Crippen LogP contribution in [0.2, 0.25) is 0 Å². The van der Waals surface area contributed by atoms with Gasteiger partial charge >= 0.3 is 0 Å². The number of benzene rings is 4. The number of rotatable bonds is 8. The third-order valence-corrected chi connectivity index (χ3v) is 7.41. The van der Waals surface area contributed by atoms with E-state index in [9.17, 15) is 8.42 Å². The summed E-state index contributed by atoms with van der Waals surface area (Å²) in [5, 5.41) is 13.0. The Morgan fingerprint density at radius 3 is 1.87 bits per heavy atom. The zero-order valence-corrected chi connectivity index (χ0v) is 22.0. The number of aryl methyl sites for hydroxylation is 1. The lowest BCUT2D eigenvalue weighted by molar-refractivity contribution is 0.590. The van der Waals surface area contributed by atoms with Crippen LogP contribution < -0.4 is 4.41 Å². The first-order valence-corrected chi connectivity index (χ1v) is 13.7. The van der Waals surface area contributed by atoms with E-state index in [1.54, 1.807) is 18.2 Å². The summed E-state index contributed by atoms with van der Waals surface area (Å²) in [4.78, 5) is 4.77. The van der Waals surface area contributed by atoms with Crippen LogP contribution >= 0.6 is 0 Å². The van der Waals surface area contributed by atoms with Crippen molar-refractivity contribution in [3.05, 3.63) is 132 Å². The van der Waals surface area contributed by atoms with Gasteiger partial charge in [-0.3, -0.25) is 0 Å². The molecule has 0 N–H and O–H groups in total. The molecule has 0 aliphatic rings. The van der Waals surface area contributed by atoms with E-state index in [0.717, 1.165) is 26.7 Å². The van der Waals surface area contributed by atoms with E-state index >= 15 is 0 Å². The fourth-order valence-electron chi connectivity index (χ4n) is 3.83. The van der Waals surface area contributed by atoms with Crippen molar-refractivity contribution in [1.82, 2.24) is 15.2 Å². The minimum Gasteiger partial charge on any atom is -0.207 e. The quantitative estimate of drug-likeness (QED) is 0.171. The van der Waals surface area contributed by atoms with Crippen molar-refractivity contribution in [1.29, 1.82) is 0 Å². The van der Waals surface area contributed by atoms with Crippen LogP contribution in [-0.2, 0) is 10.0 Å². The third kappa shape index (κ3) is 5.97. The van der Waals surface area contributed by atoms with Crippen LogP contribution in [0, 0.1) is 6.92 Å². The molecule has 0 saturated heterocycles. The van der Waals surface area contributed by atoms with E-state index in [1.807, 2.05) is 104 Å². The first-order chi connectivity index (χ1) is 19.0. The monoisotopic (exact) mass is 531 g/mol. The predicted molar refractivity (Wildman–Crippen MR) is 156 cm³/mol. The van der Waals surface area contributed by atoms with Gasteiger partial charge in [-0.25, -0.2) is 4.98 Å². The second-order valence-electron chi connectivity index (χ2n) is 8.64. The van der Waals surface area contributed by atoms with Gasteiger partial charge in [0.15, 0.2) is 0 Å². The van der Waals surface area contributed by atoms with Gasteiger partial charge < -0.3 is 0 Å². The molecule has 4 aromatic carbocycles. The first-order valence-electron chi connectivity index (χ1n) is 12.3. The summed E-state index contributed by atoms with van der Waals surface area (Å²) < 4.78 is 28.4. The fraction of sp³-hybridized carbons (Fsp3) is 0.0323. The molecule has 1 heterocycles. The second kappa shape index (κ2) is 11.6. The smallest absolute Gasteiger partial charge is 0.207 e. The van der Waals surface area contributed by atoms with Gasteiger partial charge in [0.2, 0.25) is 0 Å². The molecular formula is C31H25N5O2S. The second-order valence-corrected chi connectivity index (χ2v) is 10.4. The molecule has 5 rings (SSSR count). The molecule has 0 radical (unpaired) electrons. The van der Waals surface area contributed by atoms with Crippen molar-refractivity contribution in [2.75, 3.05) is 4.41 Å². The summed E-state index contributed by atoms with van der Waals surface area (Å²) in [6.45, 7) is 1.89. The van der Waals surface area contributed by atoms with Gasteiger partial charge in [0, 0.05) is 17.3 Å². The van der Waals surface area contributed by atoms with E-state index in [2.05, 4.69) is 15.3 Å². The number of aromatic nitrogens is 3. The Morgan fingerprint density at radius 1 is 0.692 bits per heavy atom. The number of nitrogens with zero attached hydrogens (tertiary/aromatic N) is 5. The molecule has 0 bridgehead atoms. The van der Waals surface area contributed by atoms with Crippen molar-refractivity contribution < 1.29 is 8.42 Å². The van der Waals surface area contributed by atoms with E-state index in [1.165, 1.54) is 18.3 Å². The normalized spacial score (nSPS) is 11.7. The number of allylic oxidation sites excluding steroid dienone is 1. The first kappa shape index (κ1) is 25.7. The number of anilines is 1. The van der Waals surface area contributed by atoms with Crippen molar-refractivity contribution in [2.45, 2.75) is 11.8 Å². The van der Waals surface area contributed by atoms with Crippen molar-refractivity contribution >= 4 is 28.3 Å². The van der Waals surface area contributed by atoms with Crippen molar-refractivity contribution in [2.24, 2.45) is 5.10 Å². The van der Waals surface area contributed by atoms with E-state index in [0.29, 0.717) is 11.4 Å². The predicted octanol–water partition coefficient (Wildman–Crippen LogP) is 6.41. The molecule has 8 heteroatoms. The lowest BCUT2D eigenvalue weighted by Gasteiger charge is -2.18. The zero-order valence-electron chi connectivity index (χ0n) is 21.2. The molecule has 5 aromatic rings. The average molecular weight is 532 g/mol. The Bertz CT molecular complexity index is 1710. The number of sulfonamides is 1. The highest BCUT2D eigenvalue weighted by Gasteiger charge is 2.28. The highest BCUT2D eigenvalue weighted by Crippen LogP contribution is 2.31. The molecule has 7 nitrogen and oxygen atoms in total. The Morgan fingerprint density at radius 2 is 1.26 bits per heavy atom. The average Bonchev–Trinajstić information content (AvgIpc) is 2.98. The SMILES string of the molecule is Cc1ccc(S(=O)(=O)N(/N=C\C=C\c2ccccc2)c2nnc(-c3ccccc3)c(-c3ccccc3)n2)cc1. The van der Waals surface area contributed by atoms with Crippen LogP contribution in [0.15, 0.2) is 131 Å². The fourth-order valence-corrected chi connectivity index (χ4v) is 4.99. The summed E-state index contributed by atoms with van der Waals surface area (Å²) in [7, 11) is -4.16. The van der Waals surface area contributed by atoms with Crippen LogP contribution in [0.3, 0.4) is 0 Å². The lowest BCUT2D eigenvalue weighted by atomic mass is 10.0. The number of hydrogen-bond acceptors (Lipinski definition) is 6. The minimum absolute atomic E-state index is 0.0642. The minimum atomic E-state index is -4.16. The van der Waals surface area contributed by atoms with Gasteiger partial charge in [-0.05, 0) is 30.7 Å². The van der Waals surface area contributed by atoms with Gasteiger partial charge in [0.05, 0.1) is 4.90 Å². The van der Waals surface area contributed by atoms with Gasteiger partial charge in [0.1, 0.15) is 11.4 Å². The Balaban J connectivity index is 1.63. The molecular weight excluding hydrogens is 506 g/mol. The maximum atomic E-state index is 13.8. The summed E-state index contributed by atoms with van der Waals surface area (Å²) >= 11 is 0. The maximum Gasteiger partial charge on any atom is 0.286 e.